The van der Waals surface area contributed by atoms with Crippen molar-refractivity contribution in [2.24, 2.45) is 10.2 Å². The van der Waals surface area contributed by atoms with Gasteiger partial charge in [0.05, 0.1) is 23.3 Å². The van der Waals surface area contributed by atoms with Crippen molar-refractivity contribution in [3.8, 4) is 5.75 Å². The fraction of sp³-hybridized carbons (Fsp3) is 0.0909. The van der Waals surface area contributed by atoms with E-state index in [1.165, 1.54) is 0 Å². The van der Waals surface area contributed by atoms with Crippen molar-refractivity contribution in [1.29, 1.82) is 0 Å². The molecule has 4 aromatic rings. The van der Waals surface area contributed by atoms with Crippen molar-refractivity contribution in [2.75, 3.05) is 0 Å². The Labute approximate surface area is 157 Å². The van der Waals surface area contributed by atoms with Crippen LogP contribution in [0.25, 0.3) is 11.0 Å². The Bertz CT molecular complexity index is 1080. The van der Waals surface area contributed by atoms with Crippen molar-refractivity contribution in [3.63, 3.8) is 0 Å². The topological polar surface area (TPSA) is 70.7 Å². The van der Waals surface area contributed by atoms with Gasteiger partial charge in [0.25, 0.3) is 0 Å². The Morgan fingerprint density at radius 3 is 2.11 bits per heavy atom. The summed E-state index contributed by atoms with van der Waals surface area (Å²) in [6, 6.07) is 24.8. The SMILES string of the molecule is Oc1ccc(CN=Nc2nc3ccccc3nc2Cc2ccccc2)cc1. The molecule has 0 spiro atoms. The number of para-hydroxylation sites is 2. The van der Waals surface area contributed by atoms with Crippen LogP contribution >= 0.6 is 0 Å². The van der Waals surface area contributed by atoms with Crippen molar-refractivity contribution < 1.29 is 5.11 Å². The predicted molar refractivity (Wildman–Crippen MR) is 105 cm³/mol. The van der Waals surface area contributed by atoms with Gasteiger partial charge in [-0.3, -0.25) is 0 Å². The van der Waals surface area contributed by atoms with Gasteiger partial charge in [0, 0.05) is 6.42 Å². The van der Waals surface area contributed by atoms with Crippen LogP contribution in [0.3, 0.4) is 0 Å². The number of fused-ring (bicyclic) bond motifs is 1. The molecule has 0 bridgehead atoms. The maximum Gasteiger partial charge on any atom is 0.196 e. The molecule has 0 aliphatic carbocycles. The van der Waals surface area contributed by atoms with Crippen LogP contribution in [0, 0.1) is 0 Å². The number of hydrogen-bond acceptors (Lipinski definition) is 5. The highest BCUT2D eigenvalue weighted by atomic mass is 16.3. The summed E-state index contributed by atoms with van der Waals surface area (Å²) >= 11 is 0. The lowest BCUT2D eigenvalue weighted by Crippen LogP contribution is -1.96. The molecule has 27 heavy (non-hydrogen) atoms. The summed E-state index contributed by atoms with van der Waals surface area (Å²) in [6.07, 6.45) is 0.645. The molecule has 0 aliphatic heterocycles. The highest BCUT2D eigenvalue weighted by Crippen LogP contribution is 2.23. The molecule has 132 valence electrons. The Hall–Kier alpha value is -3.60. The average molecular weight is 354 g/mol. The molecule has 1 aromatic heterocycles. The summed E-state index contributed by atoms with van der Waals surface area (Å²) < 4.78 is 0. The first-order chi connectivity index (χ1) is 13.3. The lowest BCUT2D eigenvalue weighted by atomic mass is 10.1. The van der Waals surface area contributed by atoms with Crippen LogP contribution in [0.1, 0.15) is 16.8 Å². The zero-order valence-electron chi connectivity index (χ0n) is 14.7. The number of azo groups is 1. The minimum absolute atomic E-state index is 0.237. The van der Waals surface area contributed by atoms with Gasteiger partial charge in [-0.25, -0.2) is 9.97 Å². The van der Waals surface area contributed by atoms with E-state index >= 15 is 0 Å². The predicted octanol–water partition coefficient (Wildman–Crippen LogP) is 5.21. The molecule has 4 rings (SSSR count). The van der Waals surface area contributed by atoms with Gasteiger partial charge in [0.2, 0.25) is 0 Å². The van der Waals surface area contributed by atoms with Crippen LogP contribution in [0.4, 0.5) is 5.82 Å². The van der Waals surface area contributed by atoms with Gasteiger partial charge in [0.15, 0.2) is 5.82 Å². The zero-order chi connectivity index (χ0) is 18.5. The molecule has 1 N–H and O–H groups in total. The van der Waals surface area contributed by atoms with E-state index in [4.69, 9.17) is 4.98 Å². The first-order valence-corrected chi connectivity index (χ1v) is 8.73. The largest absolute Gasteiger partial charge is 0.508 e. The van der Waals surface area contributed by atoms with Gasteiger partial charge >= 0.3 is 0 Å². The summed E-state index contributed by atoms with van der Waals surface area (Å²) in [5.74, 6) is 0.776. The summed E-state index contributed by atoms with van der Waals surface area (Å²) in [4.78, 5) is 9.41. The van der Waals surface area contributed by atoms with E-state index in [1.807, 2.05) is 54.6 Å². The summed E-state index contributed by atoms with van der Waals surface area (Å²) in [5.41, 5.74) is 4.56. The van der Waals surface area contributed by atoms with Gasteiger partial charge in [0.1, 0.15) is 5.75 Å². The number of phenolic OH excluding ortho intramolecular Hbond substituents is 1. The molecule has 0 aliphatic rings. The average Bonchev–Trinajstić information content (AvgIpc) is 2.70. The molecule has 0 saturated heterocycles. The molecule has 0 fully saturated rings. The van der Waals surface area contributed by atoms with E-state index in [1.54, 1.807) is 12.1 Å². The molecule has 0 unspecified atom stereocenters. The third kappa shape index (κ3) is 4.15. The maximum atomic E-state index is 9.36. The number of aromatic hydroxyl groups is 1. The van der Waals surface area contributed by atoms with Crippen LogP contribution in [-0.2, 0) is 13.0 Å². The third-order valence-corrected chi connectivity index (χ3v) is 4.19. The van der Waals surface area contributed by atoms with Crippen LogP contribution in [0.5, 0.6) is 5.75 Å². The fourth-order valence-electron chi connectivity index (χ4n) is 2.80. The third-order valence-electron chi connectivity index (χ3n) is 4.19. The highest BCUT2D eigenvalue weighted by molar-refractivity contribution is 5.75. The molecule has 5 heteroatoms. The molecule has 0 atom stereocenters. The van der Waals surface area contributed by atoms with Gasteiger partial charge in [-0.15, -0.1) is 5.11 Å². The molecule has 0 radical (unpaired) electrons. The van der Waals surface area contributed by atoms with E-state index in [2.05, 4.69) is 27.3 Å². The van der Waals surface area contributed by atoms with E-state index in [0.29, 0.717) is 18.8 Å². The number of hydrogen-bond donors (Lipinski definition) is 1. The smallest absolute Gasteiger partial charge is 0.196 e. The van der Waals surface area contributed by atoms with Crippen molar-refractivity contribution in [3.05, 3.63) is 95.7 Å². The monoisotopic (exact) mass is 354 g/mol. The second-order valence-corrected chi connectivity index (χ2v) is 6.21. The molecule has 5 nitrogen and oxygen atoms in total. The number of nitrogens with zero attached hydrogens (tertiary/aromatic N) is 4. The summed E-state index contributed by atoms with van der Waals surface area (Å²) in [6.45, 7) is 0.416. The standard InChI is InChI=1S/C22H18N4O/c27-18-12-10-17(11-13-18)15-23-26-22-21(14-16-6-2-1-3-7-16)24-19-8-4-5-9-20(19)25-22/h1-13,27H,14-15H2. The minimum atomic E-state index is 0.237. The summed E-state index contributed by atoms with van der Waals surface area (Å²) in [7, 11) is 0. The zero-order valence-corrected chi connectivity index (χ0v) is 14.7. The first kappa shape index (κ1) is 16.8. The Morgan fingerprint density at radius 2 is 1.37 bits per heavy atom. The van der Waals surface area contributed by atoms with Gasteiger partial charge in [-0.1, -0.05) is 54.6 Å². The van der Waals surface area contributed by atoms with E-state index < -0.39 is 0 Å². The van der Waals surface area contributed by atoms with Crippen molar-refractivity contribution in [2.45, 2.75) is 13.0 Å². The quantitative estimate of drug-likeness (QED) is 0.500. The van der Waals surface area contributed by atoms with Gasteiger partial charge < -0.3 is 5.11 Å². The minimum Gasteiger partial charge on any atom is -0.508 e. The van der Waals surface area contributed by atoms with Crippen LogP contribution in [-0.4, -0.2) is 15.1 Å². The van der Waals surface area contributed by atoms with Gasteiger partial charge in [-0.05, 0) is 35.4 Å². The van der Waals surface area contributed by atoms with Crippen LogP contribution in [0.15, 0.2) is 89.1 Å². The highest BCUT2D eigenvalue weighted by Gasteiger charge is 2.09. The molecule has 1 heterocycles. The first-order valence-electron chi connectivity index (χ1n) is 8.73. The number of rotatable bonds is 5. The normalized spacial score (nSPS) is 11.3. The fourth-order valence-corrected chi connectivity index (χ4v) is 2.80. The molecule has 3 aromatic carbocycles. The number of aromatic nitrogens is 2. The van der Waals surface area contributed by atoms with Crippen molar-refractivity contribution in [1.82, 2.24) is 9.97 Å². The Morgan fingerprint density at radius 1 is 0.704 bits per heavy atom. The van der Waals surface area contributed by atoms with Crippen molar-refractivity contribution >= 4 is 16.9 Å². The second kappa shape index (κ2) is 7.74. The maximum absolute atomic E-state index is 9.36. The Kier molecular flexibility index (Phi) is 4.83. The molecular weight excluding hydrogens is 336 g/mol. The Balaban J connectivity index is 1.65. The number of benzene rings is 3. The number of phenols is 1. The molecular formula is C22H18N4O. The second-order valence-electron chi connectivity index (χ2n) is 6.21. The molecule has 0 saturated carbocycles. The lowest BCUT2D eigenvalue weighted by molar-refractivity contribution is 0.475. The molecule has 0 amide bonds. The van der Waals surface area contributed by atoms with E-state index in [9.17, 15) is 5.11 Å². The van der Waals surface area contributed by atoms with Crippen LogP contribution in [0.2, 0.25) is 0 Å². The van der Waals surface area contributed by atoms with E-state index in [0.717, 1.165) is 27.9 Å². The summed E-state index contributed by atoms with van der Waals surface area (Å²) in [5, 5.41) is 18.0. The van der Waals surface area contributed by atoms with Gasteiger partial charge in [-0.2, -0.15) is 5.11 Å². The lowest BCUT2D eigenvalue weighted by Gasteiger charge is -2.06. The van der Waals surface area contributed by atoms with Crippen LogP contribution < -0.4 is 0 Å². The van der Waals surface area contributed by atoms with E-state index in [-0.39, 0.29) is 5.75 Å².